The predicted molar refractivity (Wildman–Crippen MR) is 99.8 cm³/mol. The number of carbonyl (C=O) groups excluding carboxylic acids is 1. The van der Waals surface area contributed by atoms with Gasteiger partial charge in [-0.25, -0.2) is 4.98 Å². The summed E-state index contributed by atoms with van der Waals surface area (Å²) in [4.78, 5) is 26.7. The molecule has 8 heteroatoms. The van der Waals surface area contributed by atoms with Crippen LogP contribution >= 0.6 is 0 Å². The van der Waals surface area contributed by atoms with Crippen LogP contribution in [0.2, 0.25) is 0 Å². The SMILES string of the molecule is COc1cc(-c2ccc(C(=O)N(C)CCn3ccnc3)cc2)nc(OC)n1. The first-order valence-corrected chi connectivity index (χ1v) is 8.39. The number of hydrogen-bond acceptors (Lipinski definition) is 6. The highest BCUT2D eigenvalue weighted by Gasteiger charge is 2.13. The van der Waals surface area contributed by atoms with E-state index in [-0.39, 0.29) is 11.9 Å². The molecule has 8 nitrogen and oxygen atoms in total. The lowest BCUT2D eigenvalue weighted by Gasteiger charge is -2.17. The van der Waals surface area contributed by atoms with Crippen molar-refractivity contribution in [3.8, 4) is 23.1 Å². The highest BCUT2D eigenvalue weighted by molar-refractivity contribution is 5.94. The third kappa shape index (κ3) is 4.41. The van der Waals surface area contributed by atoms with Crippen LogP contribution in [0.4, 0.5) is 0 Å². The number of carbonyl (C=O) groups is 1. The van der Waals surface area contributed by atoms with E-state index >= 15 is 0 Å². The highest BCUT2D eigenvalue weighted by Crippen LogP contribution is 2.23. The molecule has 27 heavy (non-hydrogen) atoms. The zero-order chi connectivity index (χ0) is 19.2. The smallest absolute Gasteiger partial charge is 0.320 e. The summed E-state index contributed by atoms with van der Waals surface area (Å²) in [6.07, 6.45) is 5.33. The molecular formula is C19H21N5O3. The van der Waals surface area contributed by atoms with Gasteiger partial charge >= 0.3 is 6.01 Å². The number of imidazole rings is 1. The molecule has 0 saturated heterocycles. The molecule has 0 saturated carbocycles. The number of amides is 1. The highest BCUT2D eigenvalue weighted by atomic mass is 16.5. The van der Waals surface area contributed by atoms with Gasteiger partial charge in [-0.15, -0.1) is 0 Å². The van der Waals surface area contributed by atoms with E-state index in [4.69, 9.17) is 9.47 Å². The quantitative estimate of drug-likeness (QED) is 0.636. The number of ether oxygens (including phenoxy) is 2. The number of hydrogen-bond donors (Lipinski definition) is 0. The van der Waals surface area contributed by atoms with Gasteiger partial charge in [0.05, 0.1) is 26.2 Å². The van der Waals surface area contributed by atoms with Crippen LogP contribution in [-0.2, 0) is 6.54 Å². The molecule has 140 valence electrons. The number of methoxy groups -OCH3 is 2. The van der Waals surface area contributed by atoms with Gasteiger partial charge in [0, 0.05) is 49.7 Å². The molecule has 0 fully saturated rings. The molecule has 0 bridgehead atoms. The van der Waals surface area contributed by atoms with Crippen molar-refractivity contribution in [1.29, 1.82) is 0 Å². The molecule has 0 radical (unpaired) electrons. The Kier molecular flexibility index (Phi) is 5.65. The average Bonchev–Trinajstić information content (AvgIpc) is 3.24. The Morgan fingerprint density at radius 1 is 1.15 bits per heavy atom. The Balaban J connectivity index is 1.72. The normalized spacial score (nSPS) is 10.5. The van der Waals surface area contributed by atoms with Crippen LogP contribution in [0.25, 0.3) is 11.3 Å². The summed E-state index contributed by atoms with van der Waals surface area (Å²) in [5.74, 6) is 0.371. The third-order valence-corrected chi connectivity index (χ3v) is 4.10. The van der Waals surface area contributed by atoms with Crippen LogP contribution in [0.5, 0.6) is 11.9 Å². The van der Waals surface area contributed by atoms with E-state index in [0.29, 0.717) is 30.2 Å². The van der Waals surface area contributed by atoms with Gasteiger partial charge in [0.1, 0.15) is 0 Å². The molecule has 0 aliphatic rings. The average molecular weight is 367 g/mol. The fraction of sp³-hybridized carbons (Fsp3) is 0.263. The molecule has 2 aromatic heterocycles. The molecule has 3 rings (SSSR count). The summed E-state index contributed by atoms with van der Waals surface area (Å²) >= 11 is 0. The molecule has 2 heterocycles. The van der Waals surface area contributed by atoms with Gasteiger partial charge < -0.3 is 18.9 Å². The maximum absolute atomic E-state index is 12.6. The minimum atomic E-state index is -0.0421. The van der Waals surface area contributed by atoms with E-state index in [1.165, 1.54) is 14.2 Å². The topological polar surface area (TPSA) is 82.4 Å². The fourth-order valence-electron chi connectivity index (χ4n) is 2.54. The molecular weight excluding hydrogens is 346 g/mol. The Morgan fingerprint density at radius 3 is 2.56 bits per heavy atom. The maximum Gasteiger partial charge on any atom is 0.320 e. The summed E-state index contributed by atoms with van der Waals surface area (Å²) < 4.78 is 12.2. The Labute approximate surface area is 157 Å². The Morgan fingerprint density at radius 2 is 1.93 bits per heavy atom. The van der Waals surface area contributed by atoms with Crippen molar-refractivity contribution < 1.29 is 14.3 Å². The summed E-state index contributed by atoms with van der Waals surface area (Å²) in [5, 5.41) is 0. The van der Waals surface area contributed by atoms with Crippen LogP contribution in [0.1, 0.15) is 10.4 Å². The van der Waals surface area contributed by atoms with Crippen molar-refractivity contribution in [2.75, 3.05) is 27.8 Å². The second-order valence-corrected chi connectivity index (χ2v) is 5.89. The summed E-state index contributed by atoms with van der Waals surface area (Å²) in [6.45, 7) is 1.29. The molecule has 0 spiro atoms. The molecule has 0 atom stereocenters. The van der Waals surface area contributed by atoms with Crippen molar-refractivity contribution in [3.63, 3.8) is 0 Å². The third-order valence-electron chi connectivity index (χ3n) is 4.10. The van der Waals surface area contributed by atoms with Gasteiger partial charge in [-0.2, -0.15) is 9.97 Å². The summed E-state index contributed by atoms with van der Waals surface area (Å²) in [6, 6.07) is 9.20. The largest absolute Gasteiger partial charge is 0.481 e. The molecule has 0 N–H and O–H groups in total. The van der Waals surface area contributed by atoms with Gasteiger partial charge in [-0.1, -0.05) is 12.1 Å². The van der Waals surface area contributed by atoms with E-state index in [1.54, 1.807) is 42.7 Å². The first-order chi connectivity index (χ1) is 13.1. The lowest BCUT2D eigenvalue weighted by molar-refractivity contribution is 0.0790. The van der Waals surface area contributed by atoms with Crippen molar-refractivity contribution in [2.45, 2.75) is 6.54 Å². The number of nitrogens with zero attached hydrogens (tertiary/aromatic N) is 5. The fourth-order valence-corrected chi connectivity index (χ4v) is 2.54. The number of likely N-dealkylation sites (N-methyl/N-ethyl adjacent to an activating group) is 1. The first kappa shape index (κ1) is 18.4. The molecule has 0 aliphatic heterocycles. The van der Waals surface area contributed by atoms with E-state index < -0.39 is 0 Å². The second kappa shape index (κ2) is 8.31. The number of benzene rings is 1. The van der Waals surface area contributed by atoms with E-state index in [0.717, 1.165) is 5.56 Å². The minimum Gasteiger partial charge on any atom is -0.481 e. The maximum atomic E-state index is 12.6. The molecule has 0 aliphatic carbocycles. The molecule has 1 amide bonds. The van der Waals surface area contributed by atoms with Crippen LogP contribution in [0.3, 0.4) is 0 Å². The van der Waals surface area contributed by atoms with Crippen LogP contribution in [-0.4, -0.2) is 58.1 Å². The van der Waals surface area contributed by atoms with E-state index in [1.807, 2.05) is 22.9 Å². The van der Waals surface area contributed by atoms with Gasteiger partial charge in [0.15, 0.2) is 0 Å². The predicted octanol–water partition coefficient (Wildman–Crippen LogP) is 2.13. The second-order valence-electron chi connectivity index (χ2n) is 5.89. The molecule has 1 aromatic carbocycles. The van der Waals surface area contributed by atoms with Crippen LogP contribution in [0, 0.1) is 0 Å². The Hall–Kier alpha value is -3.42. The minimum absolute atomic E-state index is 0.0421. The number of rotatable bonds is 7. The van der Waals surface area contributed by atoms with Gasteiger partial charge in [-0.05, 0) is 12.1 Å². The van der Waals surface area contributed by atoms with E-state index in [2.05, 4.69) is 15.0 Å². The standard InChI is InChI=1S/C19H21N5O3/c1-23(10-11-24-9-8-20-13-24)18(25)15-6-4-14(5-7-15)16-12-17(26-2)22-19(21-16)27-3/h4-9,12-13H,10-11H2,1-3H3. The lowest BCUT2D eigenvalue weighted by atomic mass is 10.1. The van der Waals surface area contributed by atoms with Crippen molar-refractivity contribution in [1.82, 2.24) is 24.4 Å². The van der Waals surface area contributed by atoms with Crippen LogP contribution in [0.15, 0.2) is 49.1 Å². The molecule has 0 unspecified atom stereocenters. The first-order valence-electron chi connectivity index (χ1n) is 8.39. The van der Waals surface area contributed by atoms with Crippen molar-refractivity contribution in [2.24, 2.45) is 0 Å². The van der Waals surface area contributed by atoms with E-state index in [9.17, 15) is 4.79 Å². The van der Waals surface area contributed by atoms with Crippen molar-refractivity contribution in [3.05, 3.63) is 54.6 Å². The van der Waals surface area contributed by atoms with Gasteiger partial charge in [0.2, 0.25) is 5.88 Å². The summed E-state index contributed by atoms with van der Waals surface area (Å²) in [7, 11) is 4.82. The monoisotopic (exact) mass is 367 g/mol. The Bertz CT molecular complexity index is 872. The van der Waals surface area contributed by atoms with Gasteiger partial charge in [0.25, 0.3) is 5.91 Å². The number of aromatic nitrogens is 4. The molecule has 3 aromatic rings. The zero-order valence-electron chi connectivity index (χ0n) is 15.5. The lowest BCUT2D eigenvalue weighted by Crippen LogP contribution is -2.29. The van der Waals surface area contributed by atoms with Gasteiger partial charge in [-0.3, -0.25) is 4.79 Å². The van der Waals surface area contributed by atoms with Crippen LogP contribution < -0.4 is 9.47 Å². The zero-order valence-corrected chi connectivity index (χ0v) is 15.5. The summed E-state index contributed by atoms with van der Waals surface area (Å²) in [5.41, 5.74) is 2.11. The van der Waals surface area contributed by atoms with Crippen molar-refractivity contribution >= 4 is 5.91 Å².